The highest BCUT2D eigenvalue weighted by Gasteiger charge is 2.12. The van der Waals surface area contributed by atoms with Crippen molar-refractivity contribution in [1.29, 1.82) is 0 Å². The SMILES string of the molecule is COC(=O)c1ccc(/C=N/NC(=O)C(=O)NC(C)C)cc1. The summed E-state index contributed by atoms with van der Waals surface area (Å²) in [5.74, 6) is -2.02. The molecule has 2 amide bonds. The van der Waals surface area contributed by atoms with Crippen LogP contribution in [0.15, 0.2) is 29.4 Å². The molecular formula is C14H17N3O4. The van der Waals surface area contributed by atoms with Crippen molar-refractivity contribution in [2.45, 2.75) is 19.9 Å². The average molecular weight is 291 g/mol. The number of amides is 2. The van der Waals surface area contributed by atoms with Gasteiger partial charge < -0.3 is 10.1 Å². The number of esters is 1. The van der Waals surface area contributed by atoms with Crippen molar-refractivity contribution in [2.75, 3.05) is 7.11 Å². The second-order valence-corrected chi connectivity index (χ2v) is 4.44. The Bertz CT molecular complexity index is 550. The summed E-state index contributed by atoms with van der Waals surface area (Å²) in [6.45, 7) is 3.49. The van der Waals surface area contributed by atoms with Gasteiger partial charge in [-0.3, -0.25) is 9.59 Å². The molecule has 1 aromatic rings. The van der Waals surface area contributed by atoms with Gasteiger partial charge in [-0.25, -0.2) is 10.2 Å². The Labute approximate surface area is 122 Å². The molecule has 0 spiro atoms. The molecule has 7 nitrogen and oxygen atoms in total. The third-order valence-corrected chi connectivity index (χ3v) is 2.34. The van der Waals surface area contributed by atoms with Crippen LogP contribution in [-0.2, 0) is 14.3 Å². The van der Waals surface area contributed by atoms with Crippen molar-refractivity contribution < 1.29 is 19.1 Å². The first-order valence-electron chi connectivity index (χ1n) is 6.26. The summed E-state index contributed by atoms with van der Waals surface area (Å²) in [6.07, 6.45) is 1.36. The zero-order valence-electron chi connectivity index (χ0n) is 12.0. The number of benzene rings is 1. The van der Waals surface area contributed by atoms with Crippen LogP contribution < -0.4 is 10.7 Å². The van der Waals surface area contributed by atoms with Gasteiger partial charge in [0.05, 0.1) is 18.9 Å². The van der Waals surface area contributed by atoms with Crippen molar-refractivity contribution in [2.24, 2.45) is 5.10 Å². The molecule has 0 fully saturated rings. The summed E-state index contributed by atoms with van der Waals surface area (Å²) >= 11 is 0. The number of carbonyl (C=O) groups is 3. The number of rotatable bonds is 4. The Morgan fingerprint density at radius 2 is 1.76 bits per heavy atom. The summed E-state index contributed by atoms with van der Waals surface area (Å²) in [4.78, 5) is 33.9. The molecule has 0 heterocycles. The predicted molar refractivity (Wildman–Crippen MR) is 76.8 cm³/mol. The number of ether oxygens (including phenoxy) is 1. The number of hydrogen-bond donors (Lipinski definition) is 2. The van der Waals surface area contributed by atoms with Gasteiger partial charge in [-0.15, -0.1) is 0 Å². The van der Waals surface area contributed by atoms with E-state index in [1.165, 1.54) is 13.3 Å². The van der Waals surface area contributed by atoms with Gasteiger partial charge >= 0.3 is 17.8 Å². The lowest BCUT2D eigenvalue weighted by Crippen LogP contribution is -2.41. The molecule has 0 saturated carbocycles. The van der Waals surface area contributed by atoms with Crippen LogP contribution in [0.5, 0.6) is 0 Å². The van der Waals surface area contributed by atoms with Crippen LogP contribution in [-0.4, -0.2) is 37.1 Å². The Morgan fingerprint density at radius 3 is 2.29 bits per heavy atom. The van der Waals surface area contributed by atoms with E-state index >= 15 is 0 Å². The molecule has 1 rings (SSSR count). The van der Waals surface area contributed by atoms with E-state index in [0.29, 0.717) is 11.1 Å². The number of carbonyl (C=O) groups excluding carboxylic acids is 3. The molecule has 0 unspecified atom stereocenters. The molecule has 21 heavy (non-hydrogen) atoms. The van der Waals surface area contributed by atoms with Crippen molar-refractivity contribution in [1.82, 2.24) is 10.7 Å². The summed E-state index contributed by atoms with van der Waals surface area (Å²) in [5.41, 5.74) is 3.18. The van der Waals surface area contributed by atoms with Gasteiger partial charge in [0.15, 0.2) is 0 Å². The van der Waals surface area contributed by atoms with Crippen molar-refractivity contribution in [3.8, 4) is 0 Å². The summed E-state index contributed by atoms with van der Waals surface area (Å²) in [7, 11) is 1.30. The lowest BCUT2D eigenvalue weighted by Gasteiger charge is -2.06. The zero-order chi connectivity index (χ0) is 15.8. The van der Waals surface area contributed by atoms with Crippen LogP contribution in [0.3, 0.4) is 0 Å². The Balaban J connectivity index is 2.55. The van der Waals surface area contributed by atoms with Crippen LogP contribution in [0, 0.1) is 0 Å². The standard InChI is InChI=1S/C14H17N3O4/c1-9(2)16-12(18)13(19)17-15-8-10-4-6-11(7-5-10)14(20)21-3/h4-9H,1-3H3,(H,16,18)(H,17,19)/b15-8+. The lowest BCUT2D eigenvalue weighted by atomic mass is 10.1. The number of nitrogens with zero attached hydrogens (tertiary/aromatic N) is 1. The summed E-state index contributed by atoms with van der Waals surface area (Å²) in [6, 6.07) is 6.28. The molecule has 0 aliphatic rings. The smallest absolute Gasteiger partial charge is 0.337 e. The van der Waals surface area contributed by atoms with E-state index in [2.05, 4.69) is 20.6 Å². The molecule has 0 radical (unpaired) electrons. The van der Waals surface area contributed by atoms with Gasteiger partial charge in [-0.1, -0.05) is 12.1 Å². The lowest BCUT2D eigenvalue weighted by molar-refractivity contribution is -0.139. The first kappa shape index (κ1) is 16.4. The van der Waals surface area contributed by atoms with E-state index in [4.69, 9.17) is 0 Å². The van der Waals surface area contributed by atoms with Gasteiger partial charge in [0.2, 0.25) is 0 Å². The van der Waals surface area contributed by atoms with E-state index in [1.54, 1.807) is 38.1 Å². The fourth-order valence-electron chi connectivity index (χ4n) is 1.37. The highest BCUT2D eigenvalue weighted by atomic mass is 16.5. The molecule has 112 valence electrons. The normalized spacial score (nSPS) is 10.5. The second kappa shape index (κ2) is 7.78. The quantitative estimate of drug-likeness (QED) is 0.364. The molecule has 0 aliphatic heterocycles. The first-order chi connectivity index (χ1) is 9.93. The largest absolute Gasteiger partial charge is 0.465 e. The van der Waals surface area contributed by atoms with Gasteiger partial charge in [0, 0.05) is 6.04 Å². The molecule has 0 aliphatic carbocycles. The highest BCUT2D eigenvalue weighted by molar-refractivity contribution is 6.35. The topological polar surface area (TPSA) is 96.9 Å². The van der Waals surface area contributed by atoms with Crippen LogP contribution in [0.2, 0.25) is 0 Å². The van der Waals surface area contributed by atoms with Gasteiger partial charge in [0.1, 0.15) is 0 Å². The van der Waals surface area contributed by atoms with Gasteiger partial charge in [-0.05, 0) is 31.5 Å². The third-order valence-electron chi connectivity index (χ3n) is 2.34. The van der Waals surface area contributed by atoms with Crippen LogP contribution >= 0.6 is 0 Å². The second-order valence-electron chi connectivity index (χ2n) is 4.44. The number of hydrogen-bond acceptors (Lipinski definition) is 5. The van der Waals surface area contributed by atoms with E-state index in [9.17, 15) is 14.4 Å². The minimum Gasteiger partial charge on any atom is -0.465 e. The zero-order valence-corrected chi connectivity index (χ0v) is 12.0. The molecule has 0 bridgehead atoms. The number of methoxy groups -OCH3 is 1. The fraction of sp³-hybridized carbons (Fsp3) is 0.286. The fourth-order valence-corrected chi connectivity index (χ4v) is 1.37. The maximum atomic E-state index is 11.4. The minimum absolute atomic E-state index is 0.127. The van der Waals surface area contributed by atoms with E-state index in [0.717, 1.165) is 0 Å². The monoisotopic (exact) mass is 291 g/mol. The predicted octanol–water partition coefficient (Wildman–Crippen LogP) is 0.448. The number of nitrogens with one attached hydrogen (secondary N) is 2. The Morgan fingerprint density at radius 1 is 1.14 bits per heavy atom. The third kappa shape index (κ3) is 5.43. The minimum atomic E-state index is -0.842. The van der Waals surface area contributed by atoms with Crippen molar-refractivity contribution >= 4 is 24.0 Å². The molecular weight excluding hydrogens is 274 g/mol. The van der Waals surface area contributed by atoms with Gasteiger partial charge in [0.25, 0.3) is 0 Å². The molecule has 7 heteroatoms. The Hall–Kier alpha value is -2.70. The van der Waals surface area contributed by atoms with Crippen LogP contribution in [0.25, 0.3) is 0 Å². The maximum absolute atomic E-state index is 11.4. The Kier molecular flexibility index (Phi) is 6.06. The van der Waals surface area contributed by atoms with Crippen LogP contribution in [0.1, 0.15) is 29.8 Å². The van der Waals surface area contributed by atoms with Crippen LogP contribution in [0.4, 0.5) is 0 Å². The molecule has 1 aromatic carbocycles. The summed E-state index contributed by atoms with van der Waals surface area (Å²) < 4.78 is 4.57. The van der Waals surface area contributed by atoms with E-state index < -0.39 is 17.8 Å². The molecule has 0 saturated heterocycles. The van der Waals surface area contributed by atoms with Gasteiger partial charge in [-0.2, -0.15) is 5.10 Å². The average Bonchev–Trinajstić information content (AvgIpc) is 2.46. The number of hydrazone groups is 1. The molecule has 0 atom stereocenters. The maximum Gasteiger partial charge on any atom is 0.337 e. The van der Waals surface area contributed by atoms with Crippen molar-refractivity contribution in [3.63, 3.8) is 0 Å². The molecule has 2 N–H and O–H groups in total. The summed E-state index contributed by atoms with van der Waals surface area (Å²) in [5, 5.41) is 6.10. The van der Waals surface area contributed by atoms with E-state index in [1.807, 2.05) is 0 Å². The highest BCUT2D eigenvalue weighted by Crippen LogP contribution is 2.03. The molecule has 0 aromatic heterocycles. The van der Waals surface area contributed by atoms with Crippen molar-refractivity contribution in [3.05, 3.63) is 35.4 Å². The van der Waals surface area contributed by atoms with E-state index in [-0.39, 0.29) is 6.04 Å². The first-order valence-corrected chi connectivity index (χ1v) is 6.26.